The summed E-state index contributed by atoms with van der Waals surface area (Å²) in [5.41, 5.74) is 0.975. The van der Waals surface area contributed by atoms with Gasteiger partial charge in [0.25, 0.3) is 0 Å². The molecule has 5 heteroatoms. The molecule has 0 aliphatic carbocycles. The number of benzene rings is 1. The average molecular weight is 352 g/mol. The molecule has 0 fully saturated rings. The fraction of sp³-hybridized carbons (Fsp3) is 0.500. The van der Waals surface area contributed by atoms with Crippen LogP contribution in [0.2, 0.25) is 0 Å². The average Bonchev–Trinajstić information content (AvgIpc) is 2.51. The molecule has 0 aliphatic heterocycles. The number of halogens is 1. The van der Waals surface area contributed by atoms with Crippen LogP contribution in [0.15, 0.2) is 29.0 Å². The molecule has 0 radical (unpaired) electrons. The van der Waals surface area contributed by atoms with E-state index in [0.29, 0.717) is 0 Å². The predicted octanol–water partition coefficient (Wildman–Crippen LogP) is 2.51. The quantitative estimate of drug-likeness (QED) is 0.718. The number of quaternary nitrogens is 1. The van der Waals surface area contributed by atoms with Crippen LogP contribution in [0.25, 0.3) is 10.9 Å². The molecule has 0 atom stereocenters. The molecule has 21 heavy (non-hydrogen) atoms. The van der Waals surface area contributed by atoms with Crippen LogP contribution in [0.5, 0.6) is 0 Å². The molecule has 114 valence electrons. The first-order chi connectivity index (χ1) is 10.2. The molecule has 0 aliphatic rings. The SMILES string of the molecule is CC[NH+](CC)CCCCNc1ncnc2ccc(Br)cc12. The third kappa shape index (κ3) is 4.64. The molecule has 0 saturated carbocycles. The highest BCUT2D eigenvalue weighted by molar-refractivity contribution is 9.10. The fourth-order valence-electron chi connectivity index (χ4n) is 2.48. The van der Waals surface area contributed by atoms with E-state index < -0.39 is 0 Å². The Bertz CT molecular complexity index is 569. The number of rotatable bonds is 8. The lowest BCUT2D eigenvalue weighted by atomic mass is 10.2. The second-order valence-electron chi connectivity index (χ2n) is 5.22. The van der Waals surface area contributed by atoms with Crippen molar-refractivity contribution in [3.8, 4) is 0 Å². The zero-order valence-electron chi connectivity index (χ0n) is 12.8. The minimum atomic E-state index is 0.927. The van der Waals surface area contributed by atoms with Gasteiger partial charge < -0.3 is 10.2 Å². The molecule has 1 heterocycles. The first-order valence-electron chi connectivity index (χ1n) is 7.72. The molecular weight excluding hydrogens is 328 g/mol. The van der Waals surface area contributed by atoms with E-state index in [1.54, 1.807) is 11.2 Å². The van der Waals surface area contributed by atoms with Crippen LogP contribution in [0.4, 0.5) is 5.82 Å². The lowest BCUT2D eigenvalue weighted by Crippen LogP contribution is -3.11. The Labute approximate surface area is 135 Å². The number of fused-ring (bicyclic) bond motifs is 1. The largest absolute Gasteiger partial charge is 0.369 e. The topological polar surface area (TPSA) is 42.2 Å². The highest BCUT2D eigenvalue weighted by Gasteiger charge is 2.05. The molecule has 1 aromatic heterocycles. The Morgan fingerprint density at radius 3 is 2.71 bits per heavy atom. The zero-order valence-corrected chi connectivity index (χ0v) is 14.4. The Kier molecular flexibility index (Phi) is 6.39. The Morgan fingerprint density at radius 1 is 1.14 bits per heavy atom. The summed E-state index contributed by atoms with van der Waals surface area (Å²) in [7, 11) is 0. The maximum absolute atomic E-state index is 4.36. The summed E-state index contributed by atoms with van der Waals surface area (Å²) in [6.45, 7) is 9.15. The van der Waals surface area contributed by atoms with Gasteiger partial charge in [-0.2, -0.15) is 0 Å². The molecule has 4 nitrogen and oxygen atoms in total. The van der Waals surface area contributed by atoms with Gasteiger partial charge in [0, 0.05) is 16.4 Å². The van der Waals surface area contributed by atoms with Gasteiger partial charge in [-0.1, -0.05) is 15.9 Å². The first kappa shape index (κ1) is 16.2. The van der Waals surface area contributed by atoms with E-state index in [1.807, 2.05) is 12.1 Å². The second-order valence-corrected chi connectivity index (χ2v) is 6.14. The van der Waals surface area contributed by atoms with Gasteiger partial charge in [-0.25, -0.2) is 9.97 Å². The van der Waals surface area contributed by atoms with Crippen molar-refractivity contribution in [1.82, 2.24) is 9.97 Å². The van der Waals surface area contributed by atoms with Crippen LogP contribution in [0.3, 0.4) is 0 Å². The third-order valence-corrected chi connectivity index (χ3v) is 4.34. The van der Waals surface area contributed by atoms with Gasteiger partial charge in [0.2, 0.25) is 0 Å². The van der Waals surface area contributed by atoms with Crippen molar-refractivity contribution in [2.24, 2.45) is 0 Å². The van der Waals surface area contributed by atoms with Gasteiger partial charge in [0.15, 0.2) is 0 Å². The van der Waals surface area contributed by atoms with Gasteiger partial charge in [0.05, 0.1) is 25.2 Å². The first-order valence-corrected chi connectivity index (χ1v) is 8.51. The highest BCUT2D eigenvalue weighted by atomic mass is 79.9. The highest BCUT2D eigenvalue weighted by Crippen LogP contribution is 2.23. The van der Waals surface area contributed by atoms with Crippen LogP contribution in [0, 0.1) is 0 Å². The van der Waals surface area contributed by atoms with Crippen molar-refractivity contribution in [2.45, 2.75) is 26.7 Å². The van der Waals surface area contributed by atoms with E-state index in [-0.39, 0.29) is 0 Å². The summed E-state index contributed by atoms with van der Waals surface area (Å²) in [6.07, 6.45) is 4.04. The van der Waals surface area contributed by atoms with Crippen molar-refractivity contribution in [2.75, 3.05) is 31.5 Å². The summed E-state index contributed by atoms with van der Waals surface area (Å²) in [6, 6.07) is 6.08. The van der Waals surface area contributed by atoms with Gasteiger partial charge in [-0.15, -0.1) is 0 Å². The predicted molar refractivity (Wildman–Crippen MR) is 91.9 cm³/mol. The van der Waals surface area contributed by atoms with Gasteiger partial charge in [0.1, 0.15) is 12.1 Å². The number of anilines is 1. The number of nitrogens with zero attached hydrogens (tertiary/aromatic N) is 2. The molecule has 2 N–H and O–H groups in total. The monoisotopic (exact) mass is 351 g/mol. The molecule has 0 spiro atoms. The Morgan fingerprint density at radius 2 is 1.95 bits per heavy atom. The van der Waals surface area contributed by atoms with Gasteiger partial charge in [-0.3, -0.25) is 0 Å². The Hall–Kier alpha value is -1.20. The number of hydrogen-bond donors (Lipinski definition) is 2. The lowest BCUT2D eigenvalue weighted by Gasteiger charge is -2.15. The van der Waals surface area contributed by atoms with Gasteiger partial charge >= 0.3 is 0 Å². The summed E-state index contributed by atoms with van der Waals surface area (Å²) >= 11 is 3.51. The van der Waals surface area contributed by atoms with Crippen LogP contribution >= 0.6 is 15.9 Å². The summed E-state index contributed by atoms with van der Waals surface area (Å²) in [4.78, 5) is 10.3. The molecule has 0 amide bonds. The van der Waals surface area contributed by atoms with Crippen molar-refractivity contribution in [3.63, 3.8) is 0 Å². The second kappa shape index (κ2) is 8.29. The fourth-order valence-corrected chi connectivity index (χ4v) is 2.84. The molecule has 1 aromatic carbocycles. The maximum Gasteiger partial charge on any atom is 0.137 e. The van der Waals surface area contributed by atoms with E-state index in [9.17, 15) is 0 Å². The van der Waals surface area contributed by atoms with Crippen molar-refractivity contribution >= 4 is 32.7 Å². The van der Waals surface area contributed by atoms with E-state index in [4.69, 9.17) is 0 Å². The molecule has 2 aromatic rings. The van der Waals surface area contributed by atoms with E-state index in [0.717, 1.165) is 27.7 Å². The minimum absolute atomic E-state index is 0.927. The van der Waals surface area contributed by atoms with E-state index in [2.05, 4.69) is 51.1 Å². The molecule has 2 rings (SSSR count). The smallest absolute Gasteiger partial charge is 0.137 e. The van der Waals surface area contributed by atoms with Gasteiger partial charge in [-0.05, 0) is 44.9 Å². The third-order valence-electron chi connectivity index (χ3n) is 3.85. The number of unbranched alkanes of at least 4 members (excludes halogenated alkanes) is 1. The maximum atomic E-state index is 4.36. The Balaban J connectivity index is 1.87. The lowest BCUT2D eigenvalue weighted by molar-refractivity contribution is -0.896. The summed E-state index contributed by atoms with van der Waals surface area (Å²) < 4.78 is 1.05. The van der Waals surface area contributed by atoms with Crippen LogP contribution in [0.1, 0.15) is 26.7 Å². The van der Waals surface area contributed by atoms with Crippen LogP contribution < -0.4 is 10.2 Å². The number of nitrogens with one attached hydrogen (secondary N) is 2. The zero-order chi connectivity index (χ0) is 15.1. The normalized spacial score (nSPS) is 11.2. The summed E-state index contributed by atoms with van der Waals surface area (Å²) in [5.74, 6) is 0.927. The summed E-state index contributed by atoms with van der Waals surface area (Å²) in [5, 5.41) is 4.51. The van der Waals surface area contributed by atoms with Crippen LogP contribution in [-0.2, 0) is 0 Å². The number of aromatic nitrogens is 2. The van der Waals surface area contributed by atoms with E-state index >= 15 is 0 Å². The van der Waals surface area contributed by atoms with E-state index in [1.165, 1.54) is 32.5 Å². The molecule has 0 bridgehead atoms. The van der Waals surface area contributed by atoms with Crippen LogP contribution in [-0.4, -0.2) is 36.1 Å². The molecular formula is C16H24BrN4+. The standard InChI is InChI=1S/C16H23BrN4/c1-3-21(4-2)10-6-5-9-18-16-14-11-13(17)7-8-15(14)19-12-20-16/h7-8,11-12H,3-6,9-10H2,1-2H3,(H,18,19,20)/p+1. The van der Waals surface area contributed by atoms with Crippen molar-refractivity contribution in [1.29, 1.82) is 0 Å². The molecule has 0 saturated heterocycles. The molecule has 0 unspecified atom stereocenters. The van der Waals surface area contributed by atoms with Crippen molar-refractivity contribution < 1.29 is 4.90 Å². The van der Waals surface area contributed by atoms with Crippen molar-refractivity contribution in [3.05, 3.63) is 29.0 Å². The number of hydrogen-bond acceptors (Lipinski definition) is 3. The minimum Gasteiger partial charge on any atom is -0.369 e.